The molecule has 320 valence electrons. The Kier molecular flexibility index (Phi) is 35.9. The van der Waals surface area contributed by atoms with Gasteiger partial charge in [0.25, 0.3) is 7.82 Å². The van der Waals surface area contributed by atoms with Gasteiger partial charge in [-0.1, -0.05) is 150 Å². The highest BCUT2D eigenvalue weighted by atomic mass is 31.2. The quantitative estimate of drug-likeness (QED) is 0.0152. The Bertz CT molecular complexity index is 1230. The number of nitrogens with zero attached hydrogens (tertiary/aromatic N) is 1. The molecule has 0 bridgehead atoms. The first-order valence-electron chi connectivity index (χ1n) is 21.3. The van der Waals surface area contributed by atoms with Crippen molar-refractivity contribution in [3.05, 3.63) is 85.1 Å². The maximum absolute atomic E-state index is 12.6. The van der Waals surface area contributed by atoms with Gasteiger partial charge in [0.1, 0.15) is 19.8 Å². The largest absolute Gasteiger partial charge is 0.756 e. The molecular weight excluding hydrogens is 725 g/mol. The van der Waals surface area contributed by atoms with Crippen molar-refractivity contribution in [1.82, 2.24) is 0 Å². The second kappa shape index (κ2) is 37.7. The van der Waals surface area contributed by atoms with E-state index < -0.39 is 32.5 Å². The van der Waals surface area contributed by atoms with Crippen LogP contribution < -0.4 is 4.89 Å². The number of hydrogen-bond acceptors (Lipinski definition) is 8. The Morgan fingerprint density at radius 3 is 1.66 bits per heavy atom. The molecule has 0 saturated carbocycles. The Balaban J connectivity index is 4.40. The van der Waals surface area contributed by atoms with Gasteiger partial charge < -0.3 is 27.9 Å². The summed E-state index contributed by atoms with van der Waals surface area (Å²) in [5, 5.41) is 0. The molecule has 0 fully saturated rings. The van der Waals surface area contributed by atoms with Crippen LogP contribution in [-0.2, 0) is 32.7 Å². The summed E-state index contributed by atoms with van der Waals surface area (Å²) in [5.41, 5.74) is 0. The molecule has 0 aliphatic carbocycles. The molecule has 0 rings (SSSR count). The van der Waals surface area contributed by atoms with Gasteiger partial charge >= 0.3 is 11.9 Å². The van der Waals surface area contributed by atoms with Crippen molar-refractivity contribution in [2.24, 2.45) is 0 Å². The number of unbranched alkanes of at least 4 members (excludes halogenated alkanes) is 12. The lowest BCUT2D eigenvalue weighted by atomic mass is 10.1. The molecule has 0 amide bonds. The number of ether oxygens (including phenoxy) is 2. The molecule has 0 spiro atoms. The van der Waals surface area contributed by atoms with Gasteiger partial charge in [-0.15, -0.1) is 0 Å². The van der Waals surface area contributed by atoms with Crippen molar-refractivity contribution in [3.63, 3.8) is 0 Å². The van der Waals surface area contributed by atoms with Gasteiger partial charge in [-0.2, -0.15) is 0 Å². The summed E-state index contributed by atoms with van der Waals surface area (Å²) in [6.07, 6.45) is 47.6. The van der Waals surface area contributed by atoms with Gasteiger partial charge in [0, 0.05) is 12.8 Å². The summed E-state index contributed by atoms with van der Waals surface area (Å²) in [6.45, 7) is 3.89. The summed E-state index contributed by atoms with van der Waals surface area (Å²) in [5.74, 6) is -0.896. The van der Waals surface area contributed by atoms with E-state index in [0.29, 0.717) is 23.9 Å². The molecule has 0 heterocycles. The smallest absolute Gasteiger partial charge is 0.306 e. The molecule has 0 aromatic carbocycles. The molecule has 0 radical (unpaired) electrons. The number of phosphoric ester groups is 1. The highest BCUT2D eigenvalue weighted by Gasteiger charge is 2.21. The molecule has 2 atom stereocenters. The van der Waals surface area contributed by atoms with Gasteiger partial charge in [-0.05, 0) is 64.2 Å². The average molecular weight is 804 g/mol. The van der Waals surface area contributed by atoms with Crippen molar-refractivity contribution < 1.29 is 42.1 Å². The maximum atomic E-state index is 12.6. The third-order valence-corrected chi connectivity index (χ3v) is 9.47. The molecule has 0 aliphatic heterocycles. The molecule has 0 aromatic heterocycles. The SMILES string of the molecule is CC/C=C/C=C/C=C/C=C/CCCCCC(=O)OC(COC(=O)CCCCCCCCCCC/C=C/C/C=C/C/C=C/CC)COP(=O)([O-])OCC[N+](C)(C)C. The first kappa shape index (κ1) is 53.2. The van der Waals surface area contributed by atoms with E-state index in [1.54, 1.807) is 0 Å². The number of allylic oxidation sites excluding steroid dienone is 14. The van der Waals surface area contributed by atoms with Crippen molar-refractivity contribution in [2.75, 3.05) is 47.5 Å². The van der Waals surface area contributed by atoms with Crippen molar-refractivity contribution >= 4 is 19.8 Å². The fourth-order valence-corrected chi connectivity index (χ4v) is 5.94. The predicted molar refractivity (Wildman–Crippen MR) is 231 cm³/mol. The first-order chi connectivity index (χ1) is 27.0. The number of hydrogen-bond donors (Lipinski definition) is 0. The summed E-state index contributed by atoms with van der Waals surface area (Å²) < 4.78 is 33.8. The zero-order chi connectivity index (χ0) is 41.4. The zero-order valence-electron chi connectivity index (χ0n) is 35.8. The van der Waals surface area contributed by atoms with E-state index in [-0.39, 0.29) is 26.1 Å². The monoisotopic (exact) mass is 804 g/mol. The second-order valence-corrected chi connectivity index (χ2v) is 16.4. The van der Waals surface area contributed by atoms with Crippen LogP contribution in [0.15, 0.2) is 85.1 Å². The number of carbonyl (C=O) groups excluding carboxylic acids is 2. The molecule has 56 heavy (non-hydrogen) atoms. The number of likely N-dealkylation sites (N-methyl/N-ethyl adjacent to an activating group) is 1. The van der Waals surface area contributed by atoms with Crippen LogP contribution in [0.1, 0.15) is 142 Å². The first-order valence-corrected chi connectivity index (χ1v) is 22.8. The van der Waals surface area contributed by atoms with Gasteiger partial charge in [0.15, 0.2) is 6.10 Å². The highest BCUT2D eigenvalue weighted by molar-refractivity contribution is 7.45. The normalized spacial score (nSPS) is 14.5. The number of phosphoric acid groups is 1. The summed E-state index contributed by atoms with van der Waals surface area (Å²) in [7, 11) is 1.12. The average Bonchev–Trinajstić information content (AvgIpc) is 3.15. The van der Waals surface area contributed by atoms with Crippen LogP contribution in [0.3, 0.4) is 0 Å². The van der Waals surface area contributed by atoms with Crippen LogP contribution in [0.4, 0.5) is 0 Å². The van der Waals surface area contributed by atoms with E-state index in [9.17, 15) is 19.0 Å². The summed E-state index contributed by atoms with van der Waals surface area (Å²) >= 11 is 0. The van der Waals surface area contributed by atoms with Gasteiger partial charge in [-0.3, -0.25) is 14.2 Å². The van der Waals surface area contributed by atoms with E-state index in [2.05, 4.69) is 62.5 Å². The van der Waals surface area contributed by atoms with Crippen molar-refractivity contribution in [3.8, 4) is 0 Å². The van der Waals surface area contributed by atoms with Crippen molar-refractivity contribution in [1.29, 1.82) is 0 Å². The number of rotatable bonds is 37. The minimum Gasteiger partial charge on any atom is -0.756 e. The topological polar surface area (TPSA) is 111 Å². The summed E-state index contributed by atoms with van der Waals surface area (Å²) in [6, 6.07) is 0. The maximum Gasteiger partial charge on any atom is 0.306 e. The third kappa shape index (κ3) is 40.8. The lowest BCUT2D eigenvalue weighted by Crippen LogP contribution is -2.37. The van der Waals surface area contributed by atoms with E-state index in [0.717, 1.165) is 70.6 Å². The Morgan fingerprint density at radius 1 is 0.571 bits per heavy atom. The third-order valence-electron chi connectivity index (χ3n) is 8.51. The van der Waals surface area contributed by atoms with Crippen LogP contribution in [-0.4, -0.2) is 70.0 Å². The van der Waals surface area contributed by atoms with E-state index in [1.165, 1.54) is 32.1 Å². The highest BCUT2D eigenvalue weighted by Crippen LogP contribution is 2.38. The van der Waals surface area contributed by atoms with Gasteiger partial charge in [-0.25, -0.2) is 0 Å². The minimum atomic E-state index is -4.64. The predicted octanol–water partition coefficient (Wildman–Crippen LogP) is 11.4. The minimum absolute atomic E-state index is 0.0445. The van der Waals surface area contributed by atoms with E-state index in [4.69, 9.17) is 18.5 Å². The standard InChI is InChI=1S/C46H78NO8P/c1-6-8-10-12-14-16-18-20-21-22-23-24-25-27-28-30-32-34-36-38-45(48)52-42-44(43-54-56(50,51)53-41-40-47(3,4)5)55-46(49)39-37-35-33-31-29-26-19-17-15-13-11-9-7-2/h8-11,13-17,19-21,26,29,44H,6-7,12,18,22-25,27-28,30-43H2,1-5H3/b10-8+,11-9+,15-13+,16-14+,19-17+,21-20+,29-26+. The number of esters is 2. The van der Waals surface area contributed by atoms with E-state index >= 15 is 0 Å². The van der Waals surface area contributed by atoms with Crippen LogP contribution in [0.25, 0.3) is 0 Å². The lowest BCUT2D eigenvalue weighted by molar-refractivity contribution is -0.870. The summed E-state index contributed by atoms with van der Waals surface area (Å²) in [4.78, 5) is 37.5. The zero-order valence-corrected chi connectivity index (χ0v) is 36.7. The molecule has 2 unspecified atom stereocenters. The Labute approximate surface area is 341 Å². The van der Waals surface area contributed by atoms with Crippen LogP contribution >= 0.6 is 7.82 Å². The molecule has 0 aromatic rings. The molecule has 0 N–H and O–H groups in total. The van der Waals surface area contributed by atoms with Gasteiger partial charge in [0.2, 0.25) is 0 Å². The van der Waals surface area contributed by atoms with E-state index in [1.807, 2.05) is 57.6 Å². The fourth-order valence-electron chi connectivity index (χ4n) is 5.21. The molecule has 9 nitrogen and oxygen atoms in total. The fraction of sp³-hybridized carbons (Fsp3) is 0.652. The number of carbonyl (C=O) groups is 2. The Hall–Kier alpha value is -2.81. The van der Waals surface area contributed by atoms with Crippen molar-refractivity contribution in [2.45, 2.75) is 148 Å². The molecular formula is C46H78NO8P. The lowest BCUT2D eigenvalue weighted by Gasteiger charge is -2.28. The number of quaternary nitrogens is 1. The van der Waals surface area contributed by atoms with Crippen LogP contribution in [0.2, 0.25) is 0 Å². The second-order valence-electron chi connectivity index (χ2n) is 15.0. The molecule has 10 heteroatoms. The van der Waals surface area contributed by atoms with Gasteiger partial charge in [0.05, 0.1) is 27.7 Å². The molecule has 0 saturated heterocycles. The Morgan fingerprint density at radius 2 is 1.05 bits per heavy atom. The molecule has 0 aliphatic rings. The van der Waals surface area contributed by atoms with Crippen LogP contribution in [0, 0.1) is 0 Å². The van der Waals surface area contributed by atoms with Crippen LogP contribution in [0.5, 0.6) is 0 Å².